The molecule has 1 heterocycles. The molecule has 0 unspecified atom stereocenters. The molecule has 2 rings (SSSR count). The van der Waals surface area contributed by atoms with E-state index in [1.165, 1.54) is 6.92 Å². The number of thiocarbonyl (C=S) groups is 1. The van der Waals surface area contributed by atoms with Crippen LogP contribution in [0.3, 0.4) is 0 Å². The van der Waals surface area contributed by atoms with Crippen LogP contribution in [0, 0.1) is 5.92 Å². The van der Waals surface area contributed by atoms with E-state index >= 15 is 0 Å². The van der Waals surface area contributed by atoms with Crippen molar-refractivity contribution in [3.63, 3.8) is 0 Å². The number of ether oxygens (including phenoxy) is 1. The third-order valence-corrected chi connectivity index (χ3v) is 4.34. The van der Waals surface area contributed by atoms with Gasteiger partial charge in [0.25, 0.3) is 5.72 Å². The summed E-state index contributed by atoms with van der Waals surface area (Å²) in [6.45, 7) is 1.35. The summed E-state index contributed by atoms with van der Waals surface area (Å²) in [5.74, 6) is -3.17. The lowest BCUT2D eigenvalue weighted by Crippen LogP contribution is -2.73. The first-order valence-electron chi connectivity index (χ1n) is 7.83. The van der Waals surface area contributed by atoms with Gasteiger partial charge >= 0.3 is 12.1 Å². The lowest BCUT2D eigenvalue weighted by molar-refractivity contribution is -0.292. The molecule has 0 radical (unpaired) electrons. The highest BCUT2D eigenvalue weighted by atomic mass is 32.1. The Kier molecular flexibility index (Phi) is 5.67. The largest absolute Gasteiger partial charge is 0.466 e. The van der Waals surface area contributed by atoms with E-state index in [-0.39, 0.29) is 6.61 Å². The van der Waals surface area contributed by atoms with Gasteiger partial charge in [0.1, 0.15) is 5.92 Å². The highest BCUT2D eigenvalue weighted by molar-refractivity contribution is 7.80. The monoisotopic (exact) mass is 391 g/mol. The van der Waals surface area contributed by atoms with Gasteiger partial charge in [-0.1, -0.05) is 12.1 Å². The maximum atomic E-state index is 13.6. The first-order chi connectivity index (χ1) is 12.0. The van der Waals surface area contributed by atoms with Crippen molar-refractivity contribution in [2.45, 2.75) is 24.9 Å². The zero-order valence-corrected chi connectivity index (χ0v) is 15.2. The van der Waals surface area contributed by atoms with Gasteiger partial charge in [-0.05, 0) is 36.8 Å². The number of hydrogen-bond donors (Lipinski definition) is 3. The molecule has 0 saturated carbocycles. The zero-order chi connectivity index (χ0) is 19.7. The molecule has 3 N–H and O–H groups in total. The molecular formula is C16H20F3N3O3S. The Bertz CT molecular complexity index is 682. The Morgan fingerprint density at radius 1 is 1.35 bits per heavy atom. The molecule has 0 spiro atoms. The van der Waals surface area contributed by atoms with Crippen LogP contribution in [0.25, 0.3) is 0 Å². The molecular weight excluding hydrogens is 371 g/mol. The minimum atomic E-state index is -5.15. The van der Waals surface area contributed by atoms with E-state index in [2.05, 4.69) is 5.32 Å². The second-order valence-electron chi connectivity index (χ2n) is 6.06. The van der Waals surface area contributed by atoms with Gasteiger partial charge < -0.3 is 25.4 Å². The molecule has 26 heavy (non-hydrogen) atoms. The Labute approximate surface area is 154 Å². The van der Waals surface area contributed by atoms with E-state index in [1.807, 2.05) is 19.0 Å². The third kappa shape index (κ3) is 3.70. The maximum Gasteiger partial charge on any atom is 0.437 e. The summed E-state index contributed by atoms with van der Waals surface area (Å²) in [6.07, 6.45) is -5.15. The van der Waals surface area contributed by atoms with Gasteiger partial charge in [0.05, 0.1) is 12.6 Å². The van der Waals surface area contributed by atoms with Crippen molar-refractivity contribution in [3.05, 3.63) is 29.8 Å². The van der Waals surface area contributed by atoms with Crippen molar-refractivity contribution in [2.24, 2.45) is 5.92 Å². The van der Waals surface area contributed by atoms with Crippen LogP contribution in [0.4, 0.5) is 18.9 Å². The molecule has 0 amide bonds. The van der Waals surface area contributed by atoms with Crippen molar-refractivity contribution in [3.8, 4) is 0 Å². The van der Waals surface area contributed by atoms with Crippen LogP contribution in [0.1, 0.15) is 18.5 Å². The Morgan fingerprint density at radius 2 is 1.92 bits per heavy atom. The average molecular weight is 391 g/mol. The van der Waals surface area contributed by atoms with Gasteiger partial charge in [-0.3, -0.25) is 4.79 Å². The standard InChI is InChI=1S/C16H20F3N3O3S/c1-4-25-13(23)11-12(9-5-7-10(8-6-9)22(2)3)20-14(26)21-15(11,24)16(17,18)19/h5-8,11-12,24H,4H2,1-3H3,(H2,20,21,26)/t11-,12-,15+/m0/s1. The molecule has 1 aliphatic rings. The highest BCUT2D eigenvalue weighted by Gasteiger charge is 2.66. The van der Waals surface area contributed by atoms with Crippen molar-refractivity contribution >= 4 is 29.0 Å². The summed E-state index contributed by atoms with van der Waals surface area (Å²) in [4.78, 5) is 14.1. The van der Waals surface area contributed by atoms with E-state index in [4.69, 9.17) is 17.0 Å². The fourth-order valence-electron chi connectivity index (χ4n) is 2.79. The van der Waals surface area contributed by atoms with Gasteiger partial charge in [0, 0.05) is 19.8 Å². The maximum absolute atomic E-state index is 13.6. The summed E-state index contributed by atoms with van der Waals surface area (Å²) in [7, 11) is 3.63. The van der Waals surface area contributed by atoms with E-state index < -0.39 is 34.9 Å². The number of carbonyl (C=O) groups is 1. The SMILES string of the molecule is CCOC(=O)[C@@H]1[C@H](c2ccc(N(C)C)cc2)NC(=S)N[C@]1(O)C(F)(F)F. The number of rotatable bonds is 4. The fourth-order valence-corrected chi connectivity index (χ4v) is 3.08. The fraction of sp³-hybridized carbons (Fsp3) is 0.500. The molecule has 1 aliphatic heterocycles. The van der Waals surface area contributed by atoms with Gasteiger partial charge in [-0.25, -0.2) is 0 Å². The van der Waals surface area contributed by atoms with Crippen LogP contribution >= 0.6 is 12.2 Å². The van der Waals surface area contributed by atoms with Crippen molar-refractivity contribution < 1.29 is 27.8 Å². The number of carbonyl (C=O) groups excluding carboxylic acids is 1. The van der Waals surface area contributed by atoms with Gasteiger partial charge in [-0.15, -0.1) is 0 Å². The third-order valence-electron chi connectivity index (χ3n) is 4.12. The van der Waals surface area contributed by atoms with Gasteiger partial charge in [0.15, 0.2) is 5.11 Å². The smallest absolute Gasteiger partial charge is 0.437 e. The van der Waals surface area contributed by atoms with Gasteiger partial charge in [0.2, 0.25) is 0 Å². The van der Waals surface area contributed by atoms with E-state index in [1.54, 1.807) is 29.6 Å². The van der Waals surface area contributed by atoms with Crippen molar-refractivity contribution in [1.82, 2.24) is 10.6 Å². The zero-order valence-electron chi connectivity index (χ0n) is 14.4. The average Bonchev–Trinajstić information content (AvgIpc) is 2.53. The number of halogens is 3. The molecule has 1 fully saturated rings. The lowest BCUT2D eigenvalue weighted by atomic mass is 9.82. The van der Waals surface area contributed by atoms with E-state index in [9.17, 15) is 23.1 Å². The number of hydrogen-bond acceptors (Lipinski definition) is 5. The summed E-state index contributed by atoms with van der Waals surface area (Å²) in [5.41, 5.74) is -2.36. The predicted molar refractivity (Wildman–Crippen MR) is 93.5 cm³/mol. The molecule has 0 aliphatic carbocycles. The molecule has 10 heteroatoms. The summed E-state index contributed by atoms with van der Waals surface area (Å²) >= 11 is 4.83. The molecule has 1 aromatic rings. The van der Waals surface area contributed by atoms with Crippen LogP contribution < -0.4 is 15.5 Å². The summed E-state index contributed by atoms with van der Waals surface area (Å²) in [6, 6.07) is 5.31. The topological polar surface area (TPSA) is 73.8 Å². The number of alkyl halides is 3. The molecule has 144 valence electrons. The van der Waals surface area contributed by atoms with Crippen LogP contribution in [0.5, 0.6) is 0 Å². The number of anilines is 1. The first kappa shape index (κ1) is 20.2. The Hall–Kier alpha value is -2.07. The van der Waals surface area contributed by atoms with E-state index in [0.29, 0.717) is 5.56 Å². The molecule has 0 bridgehead atoms. The Morgan fingerprint density at radius 3 is 2.38 bits per heavy atom. The molecule has 6 nitrogen and oxygen atoms in total. The van der Waals surface area contributed by atoms with Crippen molar-refractivity contribution in [2.75, 3.05) is 25.6 Å². The number of aliphatic hydroxyl groups is 1. The van der Waals surface area contributed by atoms with Crippen molar-refractivity contribution in [1.29, 1.82) is 0 Å². The second-order valence-corrected chi connectivity index (χ2v) is 6.46. The van der Waals surface area contributed by atoms with Crippen LogP contribution in [0.15, 0.2) is 24.3 Å². The summed E-state index contributed by atoms with van der Waals surface area (Å²) < 4.78 is 45.6. The predicted octanol–water partition coefficient (Wildman–Crippen LogP) is 1.70. The molecule has 1 aromatic carbocycles. The van der Waals surface area contributed by atoms with E-state index in [0.717, 1.165) is 5.69 Å². The number of esters is 1. The van der Waals surface area contributed by atoms with Crippen LogP contribution in [0.2, 0.25) is 0 Å². The number of benzene rings is 1. The van der Waals surface area contributed by atoms with Gasteiger partial charge in [-0.2, -0.15) is 13.2 Å². The lowest BCUT2D eigenvalue weighted by Gasteiger charge is -2.45. The Balaban J connectivity index is 2.52. The van der Waals surface area contributed by atoms with Crippen LogP contribution in [-0.4, -0.2) is 48.8 Å². The van der Waals surface area contributed by atoms with Crippen LogP contribution in [-0.2, 0) is 9.53 Å². The molecule has 1 saturated heterocycles. The second kappa shape index (κ2) is 7.28. The minimum Gasteiger partial charge on any atom is -0.466 e. The summed E-state index contributed by atoms with van der Waals surface area (Å²) in [5, 5.41) is 14.4. The quantitative estimate of drug-likeness (QED) is 0.533. The minimum absolute atomic E-state index is 0.125. The normalized spacial score (nSPS) is 25.9. The molecule has 3 atom stereocenters. The number of nitrogens with one attached hydrogen (secondary N) is 2. The number of nitrogens with zero attached hydrogens (tertiary/aromatic N) is 1. The first-order valence-corrected chi connectivity index (χ1v) is 8.23. The molecule has 0 aromatic heterocycles. The highest BCUT2D eigenvalue weighted by Crippen LogP contribution is 2.43.